The molecule has 44 heavy (non-hydrogen) atoms. The molecule has 0 saturated carbocycles. The van der Waals surface area contributed by atoms with Gasteiger partial charge in [0.1, 0.15) is 19.3 Å². The molecule has 0 amide bonds. The molecule has 0 spiro atoms. The molecule has 4 N–H and O–H groups in total. The van der Waals surface area contributed by atoms with Gasteiger partial charge < -0.3 is 29.9 Å². The van der Waals surface area contributed by atoms with Crippen LogP contribution in [0.3, 0.4) is 0 Å². The molecule has 0 aliphatic carbocycles. The molecule has 0 radical (unpaired) electrons. The Balaban J connectivity index is 3.89. The molecule has 4 atom stereocenters. The topological polar surface area (TPSA) is 134 Å². The Labute approximate surface area is 266 Å². The van der Waals surface area contributed by atoms with E-state index < -0.39 is 30.4 Å². The van der Waals surface area contributed by atoms with Crippen molar-refractivity contribution in [1.82, 2.24) is 0 Å². The van der Waals surface area contributed by atoms with E-state index in [0.29, 0.717) is 12.8 Å². The van der Waals surface area contributed by atoms with Gasteiger partial charge in [-0.2, -0.15) is 0 Å². The molecule has 0 saturated heterocycles. The summed E-state index contributed by atoms with van der Waals surface area (Å²) < 4.78 is 10.1. The van der Waals surface area contributed by atoms with Gasteiger partial charge in [0.25, 0.3) is 0 Å². The fourth-order valence-corrected chi connectivity index (χ4v) is 4.36. The molecule has 0 aliphatic heterocycles. The van der Waals surface area contributed by atoms with E-state index in [1.54, 1.807) is 36.5 Å². The van der Waals surface area contributed by atoms with Crippen LogP contribution in [0.2, 0.25) is 0 Å². The Morgan fingerprint density at radius 1 is 0.591 bits per heavy atom. The van der Waals surface area contributed by atoms with Crippen LogP contribution in [-0.4, -0.2) is 70.0 Å². The van der Waals surface area contributed by atoms with Crippen LogP contribution < -0.4 is 0 Å². The molecule has 0 fully saturated rings. The number of hydrogen-bond acceptors (Lipinski definition) is 8. The maximum Gasteiger partial charge on any atom is 0.305 e. The number of aliphatic hydroxyl groups excluding tert-OH is 4. The van der Waals surface area contributed by atoms with E-state index in [4.69, 9.17) is 9.47 Å². The van der Waals surface area contributed by atoms with Crippen molar-refractivity contribution in [2.24, 2.45) is 5.92 Å². The van der Waals surface area contributed by atoms with E-state index in [0.717, 1.165) is 50.9 Å². The lowest BCUT2D eigenvalue weighted by molar-refractivity contribution is -0.152. The number of carbonyl (C=O) groups excluding carboxylic acids is 2. The van der Waals surface area contributed by atoms with Crippen LogP contribution in [0, 0.1) is 5.92 Å². The molecule has 254 valence electrons. The zero-order valence-corrected chi connectivity index (χ0v) is 27.7. The predicted octanol–water partition coefficient (Wildman–Crippen LogP) is 6.66. The van der Waals surface area contributed by atoms with E-state index in [1.807, 2.05) is 6.08 Å². The first-order chi connectivity index (χ1) is 21.1. The molecule has 0 unspecified atom stereocenters. The van der Waals surface area contributed by atoms with Gasteiger partial charge in [0.05, 0.1) is 18.3 Å². The standard InChI is InChI=1S/C36H62O8/c1-4-5-15-22-31(37)23-17-12-9-10-13-18-24-33(39)34(40)25-20-27-36(42)44-29-32(38)28-43-35(41)26-19-14-8-6-7-11-16-21-30(2)3/h9-10,12-13,17-18,23-24,30-34,37-40H,4-8,11,14-16,19-22,25-29H2,1-3H3/b12-9-,13-10+,23-17+,24-18+/t31-,32-,33-,34-/m1/s1. The predicted molar refractivity (Wildman–Crippen MR) is 177 cm³/mol. The minimum absolute atomic E-state index is 0.0310. The van der Waals surface area contributed by atoms with Crippen molar-refractivity contribution in [2.75, 3.05) is 13.2 Å². The number of rotatable bonds is 28. The van der Waals surface area contributed by atoms with Crippen molar-refractivity contribution in [1.29, 1.82) is 0 Å². The molecule has 0 aromatic heterocycles. The summed E-state index contributed by atoms with van der Waals surface area (Å²) in [7, 11) is 0. The number of unbranched alkanes of at least 4 members (excludes halogenated alkanes) is 8. The highest BCUT2D eigenvalue weighted by Gasteiger charge is 2.15. The maximum absolute atomic E-state index is 11.9. The van der Waals surface area contributed by atoms with Crippen LogP contribution in [0.1, 0.15) is 124 Å². The Morgan fingerprint density at radius 3 is 1.68 bits per heavy atom. The first-order valence-corrected chi connectivity index (χ1v) is 16.9. The summed E-state index contributed by atoms with van der Waals surface area (Å²) in [5.74, 6) is -0.124. The Bertz CT molecular complexity index is 817. The Kier molecular flexibility index (Phi) is 27.9. The molecule has 0 heterocycles. The molecule has 0 rings (SSSR count). The van der Waals surface area contributed by atoms with E-state index in [2.05, 4.69) is 20.8 Å². The van der Waals surface area contributed by atoms with E-state index >= 15 is 0 Å². The van der Waals surface area contributed by atoms with Crippen molar-refractivity contribution < 1.29 is 39.5 Å². The summed E-state index contributed by atoms with van der Waals surface area (Å²) in [5, 5.41) is 39.9. The lowest BCUT2D eigenvalue weighted by Gasteiger charge is -2.14. The fraction of sp³-hybridized carbons (Fsp3) is 0.722. The highest BCUT2D eigenvalue weighted by Crippen LogP contribution is 2.13. The van der Waals surface area contributed by atoms with Crippen LogP contribution >= 0.6 is 0 Å². The normalized spacial score (nSPS) is 15.1. The molecule has 0 aromatic rings. The third-order valence-electron chi connectivity index (χ3n) is 7.11. The molecular weight excluding hydrogens is 560 g/mol. The number of hydrogen-bond donors (Lipinski definition) is 4. The van der Waals surface area contributed by atoms with Crippen molar-refractivity contribution in [3.05, 3.63) is 48.6 Å². The summed E-state index contributed by atoms with van der Waals surface area (Å²) in [6.07, 6.45) is 24.1. The van der Waals surface area contributed by atoms with Gasteiger partial charge in [-0.1, -0.05) is 134 Å². The largest absolute Gasteiger partial charge is 0.463 e. The third-order valence-corrected chi connectivity index (χ3v) is 7.11. The number of esters is 2. The lowest BCUT2D eigenvalue weighted by Crippen LogP contribution is -2.26. The number of allylic oxidation sites excluding steroid dienone is 6. The van der Waals surface area contributed by atoms with Crippen LogP contribution in [0.15, 0.2) is 48.6 Å². The minimum Gasteiger partial charge on any atom is -0.463 e. The van der Waals surface area contributed by atoms with E-state index in [1.165, 1.54) is 38.2 Å². The molecule has 0 aromatic carbocycles. The summed E-state index contributed by atoms with van der Waals surface area (Å²) >= 11 is 0. The van der Waals surface area contributed by atoms with Crippen LogP contribution in [0.5, 0.6) is 0 Å². The van der Waals surface area contributed by atoms with Crippen molar-refractivity contribution in [2.45, 2.75) is 148 Å². The first-order valence-electron chi connectivity index (χ1n) is 16.9. The average Bonchev–Trinajstić information content (AvgIpc) is 2.99. The quantitative estimate of drug-likeness (QED) is 0.0433. The highest BCUT2D eigenvalue weighted by atomic mass is 16.6. The number of carbonyl (C=O) groups is 2. The first kappa shape index (κ1) is 41.7. The van der Waals surface area contributed by atoms with Gasteiger partial charge in [-0.25, -0.2) is 0 Å². The zero-order valence-electron chi connectivity index (χ0n) is 27.7. The van der Waals surface area contributed by atoms with Crippen LogP contribution in [-0.2, 0) is 19.1 Å². The van der Waals surface area contributed by atoms with E-state index in [9.17, 15) is 30.0 Å². The number of ether oxygens (including phenoxy) is 2. The summed E-state index contributed by atoms with van der Waals surface area (Å²) in [4.78, 5) is 23.8. The van der Waals surface area contributed by atoms with Crippen LogP contribution in [0.4, 0.5) is 0 Å². The van der Waals surface area contributed by atoms with Crippen molar-refractivity contribution in [3.8, 4) is 0 Å². The van der Waals surface area contributed by atoms with Gasteiger partial charge in [0, 0.05) is 12.8 Å². The van der Waals surface area contributed by atoms with Crippen LogP contribution in [0.25, 0.3) is 0 Å². The molecule has 8 heteroatoms. The molecular formula is C36H62O8. The average molecular weight is 623 g/mol. The van der Waals surface area contributed by atoms with Gasteiger partial charge in [0.15, 0.2) is 0 Å². The molecule has 0 aliphatic rings. The Morgan fingerprint density at radius 2 is 1.09 bits per heavy atom. The fourth-order valence-electron chi connectivity index (χ4n) is 4.36. The Hall–Kier alpha value is -2.26. The van der Waals surface area contributed by atoms with Gasteiger partial charge in [-0.15, -0.1) is 0 Å². The smallest absolute Gasteiger partial charge is 0.305 e. The van der Waals surface area contributed by atoms with Gasteiger partial charge in [0.2, 0.25) is 0 Å². The summed E-state index contributed by atoms with van der Waals surface area (Å²) in [5.41, 5.74) is 0. The highest BCUT2D eigenvalue weighted by molar-refractivity contribution is 5.69. The minimum atomic E-state index is -1.09. The van der Waals surface area contributed by atoms with Gasteiger partial charge in [-0.3, -0.25) is 9.59 Å². The third kappa shape index (κ3) is 28.5. The van der Waals surface area contributed by atoms with Gasteiger partial charge >= 0.3 is 11.9 Å². The van der Waals surface area contributed by atoms with Crippen molar-refractivity contribution in [3.63, 3.8) is 0 Å². The monoisotopic (exact) mass is 622 g/mol. The summed E-state index contributed by atoms with van der Waals surface area (Å²) in [6.45, 7) is 6.14. The molecule has 8 nitrogen and oxygen atoms in total. The SMILES string of the molecule is CCCCC[C@@H](O)/C=C/C=C\C=C\C=C\[C@@H](O)[C@H](O)CCCC(=O)OC[C@H](O)COC(=O)CCCCCCCCCC(C)C. The zero-order chi connectivity index (χ0) is 32.8. The second-order valence-corrected chi connectivity index (χ2v) is 12.0. The van der Waals surface area contributed by atoms with E-state index in [-0.39, 0.29) is 32.0 Å². The van der Waals surface area contributed by atoms with Crippen molar-refractivity contribution >= 4 is 11.9 Å². The number of aliphatic hydroxyl groups is 4. The second kappa shape index (κ2) is 29.5. The maximum atomic E-state index is 11.9. The summed E-state index contributed by atoms with van der Waals surface area (Å²) in [6, 6.07) is 0. The van der Waals surface area contributed by atoms with Gasteiger partial charge in [-0.05, 0) is 31.6 Å². The molecule has 0 bridgehead atoms. The second-order valence-electron chi connectivity index (χ2n) is 12.0. The lowest BCUT2D eigenvalue weighted by atomic mass is 10.0.